The number of aromatic amines is 1. The van der Waals surface area contributed by atoms with Crippen molar-refractivity contribution in [3.63, 3.8) is 0 Å². The fourth-order valence-electron chi connectivity index (χ4n) is 2.23. The van der Waals surface area contributed by atoms with Gasteiger partial charge in [0, 0.05) is 19.6 Å². The van der Waals surface area contributed by atoms with E-state index >= 15 is 0 Å². The minimum atomic E-state index is -0.535. The van der Waals surface area contributed by atoms with Crippen molar-refractivity contribution in [2.45, 2.75) is 13.0 Å². The highest BCUT2D eigenvalue weighted by Crippen LogP contribution is 2.18. The lowest BCUT2D eigenvalue weighted by molar-refractivity contribution is 0.249. The Bertz CT molecular complexity index is 833. The number of primary amides is 1. The second-order valence-electron chi connectivity index (χ2n) is 5.30. The van der Waals surface area contributed by atoms with Gasteiger partial charge in [0.1, 0.15) is 0 Å². The van der Waals surface area contributed by atoms with E-state index in [2.05, 4.69) is 41.3 Å². The number of benzene rings is 1. The van der Waals surface area contributed by atoms with Crippen LogP contribution in [0.1, 0.15) is 12.0 Å². The lowest BCUT2D eigenvalue weighted by atomic mass is 10.2. The molecular formula is C15H19N9O. The Balaban J connectivity index is 1.65. The molecule has 130 valence electrons. The van der Waals surface area contributed by atoms with E-state index in [0.717, 1.165) is 5.56 Å². The van der Waals surface area contributed by atoms with Crippen molar-refractivity contribution < 1.29 is 4.79 Å². The summed E-state index contributed by atoms with van der Waals surface area (Å²) >= 11 is 0. The smallest absolute Gasteiger partial charge is 0.312 e. The fourth-order valence-corrected chi connectivity index (χ4v) is 2.23. The SMILES string of the molecule is NC(=O)NCCCNc1nc(NCc2ccccc2)c2n[nH]nc2n1. The third kappa shape index (κ3) is 4.53. The van der Waals surface area contributed by atoms with Crippen molar-refractivity contribution in [1.82, 2.24) is 30.7 Å². The molecule has 2 heterocycles. The number of urea groups is 1. The van der Waals surface area contributed by atoms with E-state index in [9.17, 15) is 4.79 Å². The zero-order chi connectivity index (χ0) is 17.5. The molecule has 0 aliphatic carbocycles. The molecule has 0 fully saturated rings. The van der Waals surface area contributed by atoms with Crippen LogP contribution in [-0.4, -0.2) is 44.5 Å². The Hall–Kier alpha value is -3.43. The summed E-state index contributed by atoms with van der Waals surface area (Å²) in [6.07, 6.45) is 0.690. The number of anilines is 2. The number of nitrogens with one attached hydrogen (secondary N) is 4. The first-order chi connectivity index (χ1) is 12.2. The first kappa shape index (κ1) is 16.4. The number of nitrogens with two attached hydrogens (primary N) is 1. The van der Waals surface area contributed by atoms with Gasteiger partial charge < -0.3 is 21.7 Å². The second-order valence-corrected chi connectivity index (χ2v) is 5.30. The molecule has 25 heavy (non-hydrogen) atoms. The van der Waals surface area contributed by atoms with Crippen LogP contribution in [0.4, 0.5) is 16.6 Å². The van der Waals surface area contributed by atoms with E-state index in [1.165, 1.54) is 0 Å². The van der Waals surface area contributed by atoms with Crippen LogP contribution < -0.4 is 21.7 Å². The number of hydrogen-bond acceptors (Lipinski definition) is 7. The molecule has 0 spiro atoms. The molecule has 0 aliphatic heterocycles. The lowest BCUT2D eigenvalue weighted by Crippen LogP contribution is -2.30. The predicted molar refractivity (Wildman–Crippen MR) is 93.9 cm³/mol. The molecule has 0 unspecified atom stereocenters. The monoisotopic (exact) mass is 341 g/mol. The summed E-state index contributed by atoms with van der Waals surface area (Å²) in [6, 6.07) is 9.45. The van der Waals surface area contributed by atoms with E-state index < -0.39 is 6.03 Å². The molecular weight excluding hydrogens is 322 g/mol. The molecule has 0 saturated heterocycles. The van der Waals surface area contributed by atoms with Gasteiger partial charge >= 0.3 is 6.03 Å². The van der Waals surface area contributed by atoms with Crippen LogP contribution in [0.5, 0.6) is 0 Å². The Morgan fingerprint density at radius 1 is 1.08 bits per heavy atom. The third-order valence-electron chi connectivity index (χ3n) is 3.42. The molecule has 10 nitrogen and oxygen atoms in total. The van der Waals surface area contributed by atoms with Crippen LogP contribution in [0.2, 0.25) is 0 Å². The molecule has 0 bridgehead atoms. The molecule has 3 aromatic rings. The van der Waals surface area contributed by atoms with Crippen molar-refractivity contribution in [3.8, 4) is 0 Å². The molecule has 10 heteroatoms. The normalized spacial score (nSPS) is 10.6. The van der Waals surface area contributed by atoms with Crippen molar-refractivity contribution in [2.24, 2.45) is 5.73 Å². The number of hydrogen-bond donors (Lipinski definition) is 5. The van der Waals surface area contributed by atoms with Crippen LogP contribution in [0.15, 0.2) is 30.3 Å². The zero-order valence-electron chi connectivity index (χ0n) is 13.5. The van der Waals surface area contributed by atoms with Gasteiger partial charge in [-0.3, -0.25) is 0 Å². The lowest BCUT2D eigenvalue weighted by Gasteiger charge is -2.09. The number of amides is 2. The topological polar surface area (TPSA) is 147 Å². The molecule has 6 N–H and O–H groups in total. The summed E-state index contributed by atoms with van der Waals surface area (Å²) in [5, 5.41) is 19.6. The van der Waals surface area contributed by atoms with Gasteiger partial charge in [0.2, 0.25) is 11.6 Å². The van der Waals surface area contributed by atoms with Gasteiger partial charge in [-0.2, -0.15) is 20.3 Å². The summed E-state index contributed by atoms with van der Waals surface area (Å²) in [7, 11) is 0. The molecule has 0 atom stereocenters. The highest BCUT2D eigenvalue weighted by Gasteiger charge is 2.11. The molecule has 2 aromatic heterocycles. The van der Waals surface area contributed by atoms with E-state index in [1.54, 1.807) is 0 Å². The third-order valence-corrected chi connectivity index (χ3v) is 3.42. The van der Waals surface area contributed by atoms with Crippen LogP contribution in [0.3, 0.4) is 0 Å². The van der Waals surface area contributed by atoms with E-state index in [4.69, 9.17) is 5.73 Å². The first-order valence-electron chi connectivity index (χ1n) is 7.86. The van der Waals surface area contributed by atoms with E-state index in [0.29, 0.717) is 49.0 Å². The average Bonchev–Trinajstić information content (AvgIpc) is 3.08. The largest absolute Gasteiger partial charge is 0.364 e. The quantitative estimate of drug-likeness (QED) is 0.381. The number of H-pyrrole nitrogens is 1. The maximum absolute atomic E-state index is 10.6. The molecule has 3 rings (SSSR count). The van der Waals surface area contributed by atoms with Crippen molar-refractivity contribution in [1.29, 1.82) is 0 Å². The number of carbonyl (C=O) groups is 1. The highest BCUT2D eigenvalue weighted by atomic mass is 16.2. The van der Waals surface area contributed by atoms with Crippen LogP contribution in [0, 0.1) is 0 Å². The average molecular weight is 341 g/mol. The van der Waals surface area contributed by atoms with E-state index in [-0.39, 0.29) is 0 Å². The minimum Gasteiger partial charge on any atom is -0.364 e. The predicted octanol–water partition coefficient (Wildman–Crippen LogP) is 0.830. The van der Waals surface area contributed by atoms with Crippen molar-refractivity contribution in [2.75, 3.05) is 23.7 Å². The summed E-state index contributed by atoms with van der Waals surface area (Å²) < 4.78 is 0. The summed E-state index contributed by atoms with van der Waals surface area (Å²) in [4.78, 5) is 19.4. The van der Waals surface area contributed by atoms with Gasteiger partial charge in [0.05, 0.1) is 0 Å². The van der Waals surface area contributed by atoms with Crippen LogP contribution in [-0.2, 0) is 6.54 Å². The maximum atomic E-state index is 10.6. The van der Waals surface area contributed by atoms with Crippen LogP contribution in [0.25, 0.3) is 11.2 Å². The van der Waals surface area contributed by atoms with Gasteiger partial charge in [0.25, 0.3) is 0 Å². The first-order valence-corrected chi connectivity index (χ1v) is 7.86. The van der Waals surface area contributed by atoms with Crippen LogP contribution >= 0.6 is 0 Å². The Morgan fingerprint density at radius 2 is 1.92 bits per heavy atom. The highest BCUT2D eigenvalue weighted by molar-refractivity contribution is 5.82. The summed E-state index contributed by atoms with van der Waals surface area (Å²) in [5.41, 5.74) is 7.20. The van der Waals surface area contributed by atoms with Crippen molar-refractivity contribution >= 4 is 29.0 Å². The molecule has 0 saturated carbocycles. The Kier molecular flexibility index (Phi) is 5.19. The fraction of sp³-hybridized carbons (Fsp3) is 0.267. The van der Waals surface area contributed by atoms with Gasteiger partial charge in [-0.25, -0.2) is 4.79 Å². The number of fused-ring (bicyclic) bond motifs is 1. The molecule has 0 radical (unpaired) electrons. The van der Waals surface area contributed by atoms with Gasteiger partial charge in [0.15, 0.2) is 11.3 Å². The summed E-state index contributed by atoms with van der Waals surface area (Å²) in [5.74, 6) is 1.04. The minimum absolute atomic E-state index is 0.441. The Labute approximate surface area is 143 Å². The molecule has 0 aliphatic rings. The Morgan fingerprint density at radius 3 is 2.72 bits per heavy atom. The number of carbonyl (C=O) groups excluding carboxylic acids is 1. The standard InChI is InChI=1S/C15H19N9O/c16-14(25)17-7-4-8-18-15-20-12(11-13(21-15)23-24-22-11)19-9-10-5-2-1-3-6-10/h1-3,5-6H,4,7-9H2,(H3,16,17,25)(H3,18,19,20,21,22,23,24). The summed E-state index contributed by atoms with van der Waals surface area (Å²) in [6.45, 7) is 1.68. The number of aromatic nitrogens is 5. The van der Waals surface area contributed by atoms with Crippen molar-refractivity contribution in [3.05, 3.63) is 35.9 Å². The van der Waals surface area contributed by atoms with Gasteiger partial charge in [-0.15, -0.1) is 5.10 Å². The van der Waals surface area contributed by atoms with E-state index in [1.807, 2.05) is 30.3 Å². The molecule has 2 amide bonds. The van der Waals surface area contributed by atoms with Gasteiger partial charge in [-0.05, 0) is 12.0 Å². The zero-order valence-corrected chi connectivity index (χ0v) is 13.5. The van der Waals surface area contributed by atoms with Gasteiger partial charge in [-0.1, -0.05) is 30.3 Å². The maximum Gasteiger partial charge on any atom is 0.312 e. The number of rotatable bonds is 8. The molecule has 1 aromatic carbocycles. The number of nitrogens with zero attached hydrogens (tertiary/aromatic N) is 4. The second kappa shape index (κ2) is 7.90.